The van der Waals surface area contributed by atoms with Gasteiger partial charge >= 0.3 is 0 Å². The number of hydrogen-bond donors (Lipinski definition) is 1. The van der Waals surface area contributed by atoms with Crippen LogP contribution in [0.3, 0.4) is 0 Å². The molecule has 0 bridgehead atoms. The Morgan fingerprint density at radius 2 is 1.86 bits per heavy atom. The zero-order chi connectivity index (χ0) is 21.4. The standard InChI is InChI=1S/C11H20N4O2.C8H8N4/c1-5-14(8-16)6-7-15-12-9(2)10(13-15)11(3,4)17;1-7-8(10-5-4-9-7)12-6-2-3-11-12/h8,17H,5-7H2,1-4H3;2-6H,1H3. The fraction of sp³-hybridized carbons (Fsp3) is 0.474. The smallest absolute Gasteiger partial charge is 0.209 e. The Kier molecular flexibility index (Phi) is 7.54. The van der Waals surface area contributed by atoms with Crippen molar-refractivity contribution in [2.24, 2.45) is 0 Å². The minimum Gasteiger partial charge on any atom is -0.384 e. The first kappa shape index (κ1) is 22.2. The zero-order valence-electron chi connectivity index (χ0n) is 17.5. The second-order valence-corrected chi connectivity index (χ2v) is 6.94. The van der Waals surface area contributed by atoms with Crippen LogP contribution in [0.1, 0.15) is 37.9 Å². The molecular formula is C19H28N8O2. The lowest BCUT2D eigenvalue weighted by atomic mass is 10.0. The molecule has 0 unspecified atom stereocenters. The molecule has 10 nitrogen and oxygen atoms in total. The van der Waals surface area contributed by atoms with Crippen molar-refractivity contribution in [2.75, 3.05) is 13.1 Å². The second kappa shape index (κ2) is 9.87. The van der Waals surface area contributed by atoms with Gasteiger partial charge in [-0.05, 0) is 40.7 Å². The molecule has 0 aliphatic rings. The van der Waals surface area contributed by atoms with E-state index in [0.29, 0.717) is 31.0 Å². The van der Waals surface area contributed by atoms with Gasteiger partial charge in [-0.25, -0.2) is 9.67 Å². The Hall–Kier alpha value is -3.14. The van der Waals surface area contributed by atoms with Gasteiger partial charge in [-0.1, -0.05) is 0 Å². The normalized spacial score (nSPS) is 11.0. The number of aryl methyl sites for hydroxylation is 2. The summed E-state index contributed by atoms with van der Waals surface area (Å²) < 4.78 is 1.70. The summed E-state index contributed by atoms with van der Waals surface area (Å²) in [4.78, 5) is 22.1. The molecular weight excluding hydrogens is 372 g/mol. The highest BCUT2D eigenvalue weighted by molar-refractivity contribution is 5.46. The number of amides is 1. The van der Waals surface area contributed by atoms with E-state index in [4.69, 9.17) is 0 Å². The first-order valence-corrected chi connectivity index (χ1v) is 9.37. The van der Waals surface area contributed by atoms with E-state index in [-0.39, 0.29) is 0 Å². The molecule has 0 saturated carbocycles. The van der Waals surface area contributed by atoms with Crippen molar-refractivity contribution < 1.29 is 9.90 Å². The van der Waals surface area contributed by atoms with Gasteiger partial charge in [-0.3, -0.25) is 9.78 Å². The summed E-state index contributed by atoms with van der Waals surface area (Å²) in [6.07, 6.45) is 7.70. The van der Waals surface area contributed by atoms with Crippen molar-refractivity contribution >= 4 is 6.41 Å². The van der Waals surface area contributed by atoms with Crippen molar-refractivity contribution in [3.8, 4) is 5.82 Å². The van der Waals surface area contributed by atoms with Gasteiger partial charge in [0.2, 0.25) is 6.41 Å². The van der Waals surface area contributed by atoms with Gasteiger partial charge in [0.05, 0.1) is 17.9 Å². The molecule has 0 aliphatic heterocycles. The van der Waals surface area contributed by atoms with E-state index in [1.807, 2.05) is 33.0 Å². The Morgan fingerprint density at radius 3 is 2.38 bits per heavy atom. The highest BCUT2D eigenvalue weighted by Crippen LogP contribution is 2.19. The summed E-state index contributed by atoms with van der Waals surface area (Å²) in [5.74, 6) is 0.780. The molecule has 0 aromatic carbocycles. The number of carbonyl (C=O) groups is 1. The third-order valence-electron chi connectivity index (χ3n) is 4.12. The average molecular weight is 400 g/mol. The first-order chi connectivity index (χ1) is 13.8. The minimum absolute atomic E-state index is 0.531. The van der Waals surface area contributed by atoms with E-state index in [1.54, 1.807) is 42.0 Å². The van der Waals surface area contributed by atoms with Gasteiger partial charge < -0.3 is 10.0 Å². The summed E-state index contributed by atoms with van der Waals surface area (Å²) in [7, 11) is 0. The van der Waals surface area contributed by atoms with Crippen LogP contribution in [0.15, 0.2) is 30.9 Å². The molecule has 0 saturated heterocycles. The van der Waals surface area contributed by atoms with Crippen molar-refractivity contribution in [1.29, 1.82) is 0 Å². The van der Waals surface area contributed by atoms with Crippen LogP contribution >= 0.6 is 0 Å². The van der Waals surface area contributed by atoms with E-state index in [1.165, 1.54) is 4.80 Å². The fourth-order valence-electron chi connectivity index (χ4n) is 2.62. The van der Waals surface area contributed by atoms with Gasteiger partial charge in [0.15, 0.2) is 5.82 Å². The van der Waals surface area contributed by atoms with Gasteiger partial charge in [0, 0.05) is 37.9 Å². The van der Waals surface area contributed by atoms with Gasteiger partial charge in [0.25, 0.3) is 0 Å². The number of likely N-dealkylation sites (N-methyl/N-ethyl adjacent to an activating group) is 1. The average Bonchev–Trinajstić information content (AvgIpc) is 3.33. The van der Waals surface area contributed by atoms with Crippen LogP contribution in [-0.2, 0) is 16.9 Å². The number of aromatic nitrogens is 7. The zero-order valence-corrected chi connectivity index (χ0v) is 17.5. The number of hydrogen-bond acceptors (Lipinski definition) is 7. The van der Waals surface area contributed by atoms with Crippen LogP contribution in [0.5, 0.6) is 0 Å². The molecule has 0 fully saturated rings. The number of carbonyl (C=O) groups excluding carboxylic acids is 1. The predicted molar refractivity (Wildman–Crippen MR) is 107 cm³/mol. The second-order valence-electron chi connectivity index (χ2n) is 6.94. The molecule has 3 aromatic heterocycles. The molecule has 0 radical (unpaired) electrons. The third-order valence-corrected chi connectivity index (χ3v) is 4.12. The van der Waals surface area contributed by atoms with Crippen LogP contribution in [-0.4, -0.2) is 64.2 Å². The van der Waals surface area contributed by atoms with Crippen LogP contribution < -0.4 is 0 Å². The van der Waals surface area contributed by atoms with E-state index in [9.17, 15) is 9.90 Å². The largest absolute Gasteiger partial charge is 0.384 e. The van der Waals surface area contributed by atoms with Crippen LogP contribution in [0.4, 0.5) is 0 Å². The predicted octanol–water partition coefficient (Wildman–Crippen LogP) is 1.26. The topological polar surface area (TPSA) is 115 Å². The van der Waals surface area contributed by atoms with E-state index >= 15 is 0 Å². The van der Waals surface area contributed by atoms with Gasteiger partial charge in [0.1, 0.15) is 11.3 Å². The maximum absolute atomic E-state index is 10.6. The molecule has 3 rings (SSSR count). The lowest BCUT2D eigenvalue weighted by molar-refractivity contribution is -0.118. The van der Waals surface area contributed by atoms with Crippen LogP contribution in [0, 0.1) is 13.8 Å². The minimum atomic E-state index is -0.989. The van der Waals surface area contributed by atoms with Gasteiger partial charge in [-0.2, -0.15) is 20.1 Å². The van der Waals surface area contributed by atoms with Crippen molar-refractivity contribution in [2.45, 2.75) is 46.8 Å². The monoisotopic (exact) mass is 400 g/mol. The number of aliphatic hydroxyl groups is 1. The molecule has 1 amide bonds. The molecule has 0 spiro atoms. The fourth-order valence-corrected chi connectivity index (χ4v) is 2.62. The lowest BCUT2D eigenvalue weighted by Crippen LogP contribution is -2.26. The summed E-state index contributed by atoms with van der Waals surface area (Å²) in [5.41, 5.74) is 1.18. The molecule has 3 aromatic rings. The Labute approximate surface area is 170 Å². The molecule has 1 N–H and O–H groups in total. The van der Waals surface area contributed by atoms with Crippen LogP contribution in [0.25, 0.3) is 5.82 Å². The van der Waals surface area contributed by atoms with E-state index < -0.39 is 5.60 Å². The maximum atomic E-state index is 10.6. The number of rotatable bonds is 7. The summed E-state index contributed by atoms with van der Waals surface area (Å²) in [6.45, 7) is 10.8. The number of nitrogens with zero attached hydrogens (tertiary/aromatic N) is 8. The quantitative estimate of drug-likeness (QED) is 0.594. The van der Waals surface area contributed by atoms with Crippen molar-refractivity contribution in [1.82, 2.24) is 39.6 Å². The summed E-state index contributed by atoms with van der Waals surface area (Å²) in [5, 5.41) is 22.4. The molecule has 3 heterocycles. The first-order valence-electron chi connectivity index (χ1n) is 9.37. The summed E-state index contributed by atoms with van der Waals surface area (Å²) >= 11 is 0. The molecule has 156 valence electrons. The van der Waals surface area contributed by atoms with E-state index in [2.05, 4.69) is 25.3 Å². The molecule has 0 atom stereocenters. The van der Waals surface area contributed by atoms with Crippen molar-refractivity contribution in [3.05, 3.63) is 47.9 Å². The third kappa shape index (κ3) is 6.18. The van der Waals surface area contributed by atoms with Crippen molar-refractivity contribution in [3.63, 3.8) is 0 Å². The Balaban J connectivity index is 0.000000218. The van der Waals surface area contributed by atoms with E-state index in [0.717, 1.165) is 17.9 Å². The molecule has 10 heteroatoms. The Bertz CT molecular complexity index is 899. The Morgan fingerprint density at radius 1 is 1.14 bits per heavy atom. The highest BCUT2D eigenvalue weighted by atomic mass is 16.3. The van der Waals surface area contributed by atoms with Crippen LogP contribution in [0.2, 0.25) is 0 Å². The lowest BCUT2D eigenvalue weighted by Gasteiger charge is -2.14. The molecule has 29 heavy (non-hydrogen) atoms. The maximum Gasteiger partial charge on any atom is 0.209 e. The molecule has 0 aliphatic carbocycles. The highest BCUT2D eigenvalue weighted by Gasteiger charge is 2.23. The SMILES string of the molecule is CCN(C=O)CCn1nc(C)c(C(C)(C)O)n1.Cc1nccnc1-n1cccn1. The van der Waals surface area contributed by atoms with Gasteiger partial charge in [-0.15, -0.1) is 0 Å². The summed E-state index contributed by atoms with van der Waals surface area (Å²) in [6, 6.07) is 1.86.